The molecule has 4 heteroatoms. The zero-order valence-electron chi connectivity index (χ0n) is 9.63. The minimum Gasteiger partial charge on any atom is -0.365 e. The fourth-order valence-electron chi connectivity index (χ4n) is 1.49. The van der Waals surface area contributed by atoms with E-state index >= 15 is 0 Å². The van der Waals surface area contributed by atoms with Gasteiger partial charge in [-0.3, -0.25) is 4.99 Å². The van der Waals surface area contributed by atoms with Gasteiger partial charge in [0.2, 0.25) is 0 Å². The zero-order valence-corrected chi connectivity index (χ0v) is 11.3. The van der Waals surface area contributed by atoms with Gasteiger partial charge in [-0.2, -0.15) is 11.8 Å². The van der Waals surface area contributed by atoms with Crippen molar-refractivity contribution in [1.82, 2.24) is 5.32 Å². The van der Waals surface area contributed by atoms with Crippen LogP contribution in [0.3, 0.4) is 0 Å². The molecular formula is C11H22N2S2. The molecule has 0 saturated heterocycles. The molecule has 1 aliphatic heterocycles. The van der Waals surface area contributed by atoms with E-state index in [4.69, 9.17) is 0 Å². The van der Waals surface area contributed by atoms with Gasteiger partial charge in [0.15, 0.2) is 5.17 Å². The number of hydrogen-bond donors (Lipinski definition) is 1. The number of unbranched alkanes of at least 4 members (excludes halogenated alkanes) is 3. The Kier molecular flexibility index (Phi) is 8.29. The second-order valence-corrected chi connectivity index (χ2v) is 5.79. The second-order valence-electron chi connectivity index (χ2n) is 3.72. The molecular weight excluding hydrogens is 224 g/mol. The first-order valence-electron chi connectivity index (χ1n) is 5.83. The summed E-state index contributed by atoms with van der Waals surface area (Å²) in [4.78, 5) is 4.44. The summed E-state index contributed by atoms with van der Waals surface area (Å²) in [5, 5.41) is 4.59. The summed E-state index contributed by atoms with van der Waals surface area (Å²) in [5.41, 5.74) is 0. The Morgan fingerprint density at radius 1 is 1.33 bits per heavy atom. The Labute approximate surface area is 102 Å². The minimum atomic E-state index is 1.02. The average Bonchev–Trinajstić information content (AvgIpc) is 2.29. The van der Waals surface area contributed by atoms with E-state index in [0.29, 0.717) is 0 Å². The fraction of sp³-hybridized carbons (Fsp3) is 0.909. The minimum absolute atomic E-state index is 1.02. The van der Waals surface area contributed by atoms with Crippen molar-refractivity contribution in [3.05, 3.63) is 0 Å². The molecule has 0 unspecified atom stereocenters. The van der Waals surface area contributed by atoms with Gasteiger partial charge in [-0.15, -0.1) is 0 Å². The maximum atomic E-state index is 4.44. The number of amidine groups is 1. The van der Waals surface area contributed by atoms with Crippen LogP contribution in [0, 0.1) is 0 Å². The van der Waals surface area contributed by atoms with Crippen molar-refractivity contribution in [2.75, 3.05) is 30.9 Å². The second kappa shape index (κ2) is 9.40. The quantitative estimate of drug-likeness (QED) is 0.699. The molecule has 1 N–H and O–H groups in total. The van der Waals surface area contributed by atoms with Gasteiger partial charge in [-0.25, -0.2) is 0 Å². The molecule has 0 aromatic rings. The van der Waals surface area contributed by atoms with Crippen LogP contribution in [0.15, 0.2) is 4.99 Å². The molecule has 1 heterocycles. The summed E-state index contributed by atoms with van der Waals surface area (Å²) in [6.07, 6.45) is 8.81. The highest BCUT2D eigenvalue weighted by Gasteiger charge is 2.03. The number of rotatable bonds is 7. The molecule has 15 heavy (non-hydrogen) atoms. The lowest BCUT2D eigenvalue weighted by atomic mass is 10.2. The third-order valence-corrected chi connectivity index (χ3v) is 4.08. The van der Waals surface area contributed by atoms with Gasteiger partial charge in [-0.05, 0) is 31.3 Å². The van der Waals surface area contributed by atoms with Crippen molar-refractivity contribution in [3.63, 3.8) is 0 Å². The van der Waals surface area contributed by atoms with Gasteiger partial charge in [0.1, 0.15) is 0 Å². The predicted octanol–water partition coefficient (Wildman–Crippen LogP) is 2.99. The Morgan fingerprint density at radius 3 is 2.93 bits per heavy atom. The molecule has 1 rings (SSSR count). The number of nitrogens with one attached hydrogen (secondary N) is 1. The van der Waals surface area contributed by atoms with Crippen molar-refractivity contribution in [1.29, 1.82) is 0 Å². The molecule has 0 amide bonds. The lowest BCUT2D eigenvalue weighted by Gasteiger charge is -2.12. The van der Waals surface area contributed by atoms with Gasteiger partial charge < -0.3 is 5.32 Å². The van der Waals surface area contributed by atoms with E-state index in [1.807, 2.05) is 23.5 Å². The molecule has 0 spiro atoms. The fourth-order valence-corrected chi connectivity index (χ4v) is 2.83. The van der Waals surface area contributed by atoms with Crippen LogP contribution >= 0.6 is 23.5 Å². The highest BCUT2D eigenvalue weighted by molar-refractivity contribution is 8.13. The summed E-state index contributed by atoms with van der Waals surface area (Å²) in [5.74, 6) is 2.55. The standard InChI is InChI=1S/C11H22N2S2/c1-14-9-5-3-2-4-7-12-11-13-8-6-10-15-11/h2-10H2,1H3,(H,12,13). The van der Waals surface area contributed by atoms with Crippen LogP contribution in [0.4, 0.5) is 0 Å². The lowest BCUT2D eigenvalue weighted by molar-refractivity contribution is 0.658. The van der Waals surface area contributed by atoms with Crippen LogP contribution in [-0.2, 0) is 0 Å². The maximum absolute atomic E-state index is 4.44. The number of thioether (sulfide) groups is 2. The van der Waals surface area contributed by atoms with Crippen molar-refractivity contribution in [2.24, 2.45) is 4.99 Å². The number of aliphatic imine (C=N–C) groups is 1. The summed E-state index contributed by atoms with van der Waals surface area (Å²) in [6, 6.07) is 0. The number of hydrogen-bond acceptors (Lipinski definition) is 4. The molecule has 88 valence electrons. The summed E-state index contributed by atoms with van der Waals surface area (Å²) in [6.45, 7) is 2.12. The lowest BCUT2D eigenvalue weighted by Crippen LogP contribution is -2.24. The van der Waals surface area contributed by atoms with Gasteiger partial charge in [0.05, 0.1) is 0 Å². The topological polar surface area (TPSA) is 24.4 Å². The van der Waals surface area contributed by atoms with Crippen LogP contribution in [0.2, 0.25) is 0 Å². The van der Waals surface area contributed by atoms with Crippen molar-refractivity contribution in [2.45, 2.75) is 32.1 Å². The average molecular weight is 246 g/mol. The molecule has 0 radical (unpaired) electrons. The SMILES string of the molecule is CSCCCCCCNC1=NCCCS1. The van der Waals surface area contributed by atoms with Crippen LogP contribution in [0.1, 0.15) is 32.1 Å². The predicted molar refractivity (Wildman–Crippen MR) is 74.2 cm³/mol. The number of nitrogens with zero attached hydrogens (tertiary/aromatic N) is 1. The van der Waals surface area contributed by atoms with Crippen LogP contribution in [0.25, 0.3) is 0 Å². The summed E-state index contributed by atoms with van der Waals surface area (Å²) < 4.78 is 0. The third kappa shape index (κ3) is 7.12. The van der Waals surface area contributed by atoms with Crippen LogP contribution in [0.5, 0.6) is 0 Å². The molecule has 1 aliphatic rings. The highest BCUT2D eigenvalue weighted by Crippen LogP contribution is 2.10. The van der Waals surface area contributed by atoms with Gasteiger partial charge in [0, 0.05) is 18.8 Å². The first-order valence-corrected chi connectivity index (χ1v) is 8.21. The smallest absolute Gasteiger partial charge is 0.156 e. The van der Waals surface area contributed by atoms with Gasteiger partial charge in [-0.1, -0.05) is 24.6 Å². The zero-order chi connectivity index (χ0) is 10.8. The normalized spacial score (nSPS) is 16.2. The van der Waals surface area contributed by atoms with Crippen molar-refractivity contribution >= 4 is 28.7 Å². The maximum Gasteiger partial charge on any atom is 0.156 e. The Hall–Kier alpha value is 0.170. The van der Waals surface area contributed by atoms with Gasteiger partial charge >= 0.3 is 0 Å². The molecule has 0 aromatic carbocycles. The van der Waals surface area contributed by atoms with E-state index in [1.54, 1.807) is 0 Å². The first-order chi connectivity index (χ1) is 7.43. The molecule has 0 atom stereocenters. The van der Waals surface area contributed by atoms with E-state index in [9.17, 15) is 0 Å². The van der Waals surface area contributed by atoms with Crippen molar-refractivity contribution in [3.8, 4) is 0 Å². The van der Waals surface area contributed by atoms with Crippen molar-refractivity contribution < 1.29 is 0 Å². The van der Waals surface area contributed by atoms with E-state index in [0.717, 1.165) is 13.1 Å². The van der Waals surface area contributed by atoms with E-state index in [-0.39, 0.29) is 0 Å². The Morgan fingerprint density at radius 2 is 2.20 bits per heavy atom. The Bertz CT molecular complexity index is 183. The summed E-state index contributed by atoms with van der Waals surface area (Å²) in [7, 11) is 0. The molecule has 0 fully saturated rings. The largest absolute Gasteiger partial charge is 0.365 e. The van der Waals surface area contributed by atoms with Gasteiger partial charge in [0.25, 0.3) is 0 Å². The monoisotopic (exact) mass is 246 g/mol. The molecule has 0 aromatic heterocycles. The molecule has 2 nitrogen and oxygen atoms in total. The van der Waals surface area contributed by atoms with Crippen LogP contribution < -0.4 is 5.32 Å². The highest BCUT2D eigenvalue weighted by atomic mass is 32.2. The van der Waals surface area contributed by atoms with Crippen LogP contribution in [-0.4, -0.2) is 36.0 Å². The summed E-state index contributed by atoms with van der Waals surface area (Å²) >= 11 is 3.82. The van der Waals surface area contributed by atoms with E-state index in [1.165, 1.54) is 48.8 Å². The Balaban J connectivity index is 1.86. The molecule has 0 bridgehead atoms. The third-order valence-electron chi connectivity index (χ3n) is 2.35. The van der Waals surface area contributed by atoms with E-state index < -0.39 is 0 Å². The first kappa shape index (κ1) is 13.2. The molecule has 0 saturated carbocycles. The molecule has 0 aliphatic carbocycles. The van der Waals surface area contributed by atoms with E-state index in [2.05, 4.69) is 16.6 Å².